The van der Waals surface area contributed by atoms with E-state index in [-0.39, 0.29) is 0 Å². The number of aryl methyl sites for hydroxylation is 2. The van der Waals surface area contributed by atoms with Crippen LogP contribution in [0.5, 0.6) is 0 Å². The number of hydrogen-bond acceptors (Lipinski definition) is 3. The number of nitrogens with zero attached hydrogens (tertiary/aromatic N) is 3. The molecule has 0 fully saturated rings. The number of fused-ring (bicyclic) bond motifs is 1. The Morgan fingerprint density at radius 3 is 2.80 bits per heavy atom. The second-order valence-corrected chi connectivity index (χ2v) is 4.85. The van der Waals surface area contributed by atoms with Gasteiger partial charge in [0.05, 0.1) is 17.5 Å². The largest absolute Gasteiger partial charge is 0.397 e. The molecule has 1 aromatic carbocycles. The van der Waals surface area contributed by atoms with E-state index >= 15 is 0 Å². The van der Waals surface area contributed by atoms with Crippen LogP contribution in [0.25, 0.3) is 11.0 Å². The lowest BCUT2D eigenvalue weighted by Crippen LogP contribution is -1.91. The summed E-state index contributed by atoms with van der Waals surface area (Å²) in [5.74, 6) is 0. The predicted molar refractivity (Wildman–Crippen MR) is 88.3 cm³/mol. The Morgan fingerprint density at radius 2 is 2.20 bits per heavy atom. The van der Waals surface area contributed by atoms with Crippen LogP contribution in [0.15, 0.2) is 35.1 Å². The Labute approximate surface area is 121 Å². The Balaban J connectivity index is 0.000000221. The fraction of sp³-hybridized carbons (Fsp3) is 0.375. The summed E-state index contributed by atoms with van der Waals surface area (Å²) in [6.07, 6.45) is 4.94. The lowest BCUT2D eigenvalue weighted by atomic mass is 10.2. The highest BCUT2D eigenvalue weighted by Crippen LogP contribution is 2.21. The van der Waals surface area contributed by atoms with Crippen LogP contribution in [-0.4, -0.2) is 22.8 Å². The van der Waals surface area contributed by atoms with Crippen molar-refractivity contribution in [3.8, 4) is 0 Å². The first kappa shape index (κ1) is 16.0. The average Bonchev–Trinajstić information content (AvgIpc) is 2.83. The van der Waals surface area contributed by atoms with Crippen LogP contribution < -0.4 is 5.73 Å². The van der Waals surface area contributed by atoms with Crippen molar-refractivity contribution in [1.29, 1.82) is 0 Å². The number of benzene rings is 1. The van der Waals surface area contributed by atoms with E-state index in [1.54, 1.807) is 6.33 Å². The van der Waals surface area contributed by atoms with Crippen LogP contribution in [0.2, 0.25) is 0 Å². The summed E-state index contributed by atoms with van der Waals surface area (Å²) in [5, 5.41) is 0. The zero-order valence-corrected chi connectivity index (χ0v) is 12.8. The fourth-order valence-electron chi connectivity index (χ4n) is 1.72. The first-order chi connectivity index (χ1) is 9.51. The van der Waals surface area contributed by atoms with Crippen molar-refractivity contribution < 1.29 is 0 Å². The molecule has 1 aromatic heterocycles. The molecule has 0 amide bonds. The highest BCUT2D eigenvalue weighted by atomic mass is 15.0. The number of aliphatic imine (C=N–C) groups is 1. The zero-order valence-electron chi connectivity index (χ0n) is 12.8. The summed E-state index contributed by atoms with van der Waals surface area (Å²) in [6.45, 7) is 10.4. The first-order valence-corrected chi connectivity index (χ1v) is 6.71. The van der Waals surface area contributed by atoms with Crippen LogP contribution in [-0.2, 0) is 7.05 Å². The summed E-state index contributed by atoms with van der Waals surface area (Å²) in [6, 6.07) is 4.05. The number of anilines is 1. The standard InChI is InChI=1S/C9H11N3.C7H13N/c1-6-3-4-7-9(8(6)10)11-5-12(7)2;1-4-7(2)5-6-8-3/h3-5H,10H2,1-2H3;4H,3,5-6H2,1-2H3/b;7-4-. The van der Waals surface area contributed by atoms with Crippen molar-refractivity contribution >= 4 is 23.4 Å². The molecule has 0 aliphatic rings. The molecule has 0 radical (unpaired) electrons. The van der Waals surface area contributed by atoms with E-state index < -0.39 is 0 Å². The van der Waals surface area contributed by atoms with Gasteiger partial charge in [-0.2, -0.15) is 0 Å². The van der Waals surface area contributed by atoms with E-state index in [9.17, 15) is 0 Å². The van der Waals surface area contributed by atoms with Crippen molar-refractivity contribution in [1.82, 2.24) is 9.55 Å². The van der Waals surface area contributed by atoms with Crippen molar-refractivity contribution in [2.45, 2.75) is 27.2 Å². The Bertz CT molecular complexity index is 608. The molecule has 4 nitrogen and oxygen atoms in total. The molecule has 1 heterocycles. The minimum Gasteiger partial charge on any atom is -0.397 e. The number of aromatic nitrogens is 2. The Morgan fingerprint density at radius 1 is 1.50 bits per heavy atom. The summed E-state index contributed by atoms with van der Waals surface area (Å²) < 4.78 is 1.96. The summed E-state index contributed by atoms with van der Waals surface area (Å²) in [7, 11) is 1.96. The van der Waals surface area contributed by atoms with E-state index in [0.717, 1.165) is 35.2 Å². The molecule has 20 heavy (non-hydrogen) atoms. The van der Waals surface area contributed by atoms with Gasteiger partial charge in [-0.25, -0.2) is 4.98 Å². The van der Waals surface area contributed by atoms with Crippen molar-refractivity contribution in [3.63, 3.8) is 0 Å². The molecule has 0 spiro atoms. The highest BCUT2D eigenvalue weighted by Gasteiger charge is 2.04. The average molecular weight is 272 g/mol. The van der Waals surface area contributed by atoms with Crippen LogP contribution in [0.1, 0.15) is 25.8 Å². The third kappa shape index (κ3) is 3.95. The molecule has 4 heteroatoms. The van der Waals surface area contributed by atoms with Gasteiger partial charge < -0.3 is 15.3 Å². The fourth-order valence-corrected chi connectivity index (χ4v) is 1.72. The van der Waals surface area contributed by atoms with E-state index in [1.807, 2.05) is 37.6 Å². The minimum absolute atomic E-state index is 0.785. The molecule has 108 valence electrons. The lowest BCUT2D eigenvalue weighted by Gasteiger charge is -2.00. The molecule has 0 aliphatic heterocycles. The highest BCUT2D eigenvalue weighted by molar-refractivity contribution is 5.88. The number of hydrogen-bond donors (Lipinski definition) is 1. The molecule has 2 N–H and O–H groups in total. The summed E-state index contributed by atoms with van der Waals surface area (Å²) >= 11 is 0. The van der Waals surface area contributed by atoms with E-state index in [4.69, 9.17) is 5.73 Å². The van der Waals surface area contributed by atoms with E-state index in [0.29, 0.717) is 0 Å². The van der Waals surface area contributed by atoms with Gasteiger partial charge >= 0.3 is 0 Å². The predicted octanol–water partition coefficient (Wildman–Crippen LogP) is 3.51. The van der Waals surface area contributed by atoms with Gasteiger partial charge in [-0.15, -0.1) is 0 Å². The summed E-state index contributed by atoms with van der Waals surface area (Å²) in [5.41, 5.74) is 11.1. The van der Waals surface area contributed by atoms with Crippen LogP contribution >= 0.6 is 0 Å². The van der Waals surface area contributed by atoms with Crippen molar-refractivity contribution in [3.05, 3.63) is 35.7 Å². The SMILES string of the molecule is C=NCC/C(C)=C\C.Cc1ccc2c(ncn2C)c1N. The molecule has 2 aromatic rings. The number of nitrogens with two attached hydrogens (primary N) is 1. The second kappa shape index (κ2) is 7.48. The van der Waals surface area contributed by atoms with Gasteiger partial charge in [-0.3, -0.25) is 0 Å². The molecule has 0 aliphatic carbocycles. The maximum atomic E-state index is 5.86. The van der Waals surface area contributed by atoms with Gasteiger partial charge in [0.15, 0.2) is 0 Å². The van der Waals surface area contributed by atoms with Gasteiger partial charge in [-0.1, -0.05) is 17.7 Å². The molecule has 0 unspecified atom stereocenters. The molecule has 0 bridgehead atoms. The number of rotatable bonds is 3. The topological polar surface area (TPSA) is 56.2 Å². The second-order valence-electron chi connectivity index (χ2n) is 4.85. The molecule has 2 rings (SSSR count). The maximum Gasteiger partial charge on any atom is 0.112 e. The monoisotopic (exact) mass is 272 g/mol. The maximum absolute atomic E-state index is 5.86. The van der Waals surface area contributed by atoms with Crippen molar-refractivity contribution in [2.24, 2.45) is 12.0 Å². The van der Waals surface area contributed by atoms with Gasteiger partial charge in [0.25, 0.3) is 0 Å². The van der Waals surface area contributed by atoms with Gasteiger partial charge in [0.2, 0.25) is 0 Å². The molecular weight excluding hydrogens is 248 g/mol. The lowest BCUT2D eigenvalue weighted by molar-refractivity contribution is 0.947. The molecule has 0 atom stereocenters. The number of imidazole rings is 1. The number of nitrogen functional groups attached to an aromatic ring is 1. The quantitative estimate of drug-likeness (QED) is 0.528. The number of allylic oxidation sites excluding steroid dienone is 1. The minimum atomic E-state index is 0.785. The van der Waals surface area contributed by atoms with Crippen LogP contribution in [0, 0.1) is 6.92 Å². The van der Waals surface area contributed by atoms with Gasteiger partial charge in [0.1, 0.15) is 5.52 Å². The molecule has 0 saturated carbocycles. The molecular formula is C16H24N4. The Kier molecular flexibility index (Phi) is 5.97. The third-order valence-corrected chi connectivity index (χ3v) is 3.31. The zero-order chi connectivity index (χ0) is 15.1. The van der Waals surface area contributed by atoms with Crippen LogP contribution in [0.3, 0.4) is 0 Å². The Hall–Kier alpha value is -2.10. The van der Waals surface area contributed by atoms with E-state index in [1.165, 1.54) is 5.57 Å². The third-order valence-electron chi connectivity index (χ3n) is 3.31. The van der Waals surface area contributed by atoms with E-state index in [2.05, 4.69) is 29.7 Å². The van der Waals surface area contributed by atoms with Gasteiger partial charge in [0, 0.05) is 13.6 Å². The van der Waals surface area contributed by atoms with Crippen molar-refractivity contribution in [2.75, 3.05) is 12.3 Å². The van der Waals surface area contributed by atoms with Crippen LogP contribution in [0.4, 0.5) is 5.69 Å². The normalized spacial score (nSPS) is 11.1. The smallest absolute Gasteiger partial charge is 0.112 e. The first-order valence-electron chi connectivity index (χ1n) is 6.71. The summed E-state index contributed by atoms with van der Waals surface area (Å²) in [4.78, 5) is 7.95. The van der Waals surface area contributed by atoms with Gasteiger partial charge in [-0.05, 0) is 45.5 Å². The molecule has 0 saturated heterocycles.